The second kappa shape index (κ2) is 6.76. The fraction of sp³-hybridized carbons (Fsp3) is 0.375. The number of nitrogens with one attached hydrogen (secondary N) is 1. The van der Waals surface area contributed by atoms with Gasteiger partial charge < -0.3 is 9.84 Å². The number of carbonyl (C=O) groups excluding carboxylic acids is 1. The highest BCUT2D eigenvalue weighted by atomic mass is 35.5. The van der Waals surface area contributed by atoms with E-state index in [1.165, 1.54) is 0 Å². The van der Waals surface area contributed by atoms with Gasteiger partial charge in [0.15, 0.2) is 0 Å². The lowest BCUT2D eigenvalue weighted by Gasteiger charge is -2.11. The molecule has 0 spiro atoms. The molecule has 21 heavy (non-hydrogen) atoms. The van der Waals surface area contributed by atoms with Gasteiger partial charge in [-0.25, -0.2) is 0 Å². The molecule has 1 heterocycles. The van der Waals surface area contributed by atoms with Crippen molar-refractivity contribution in [1.29, 1.82) is 0 Å². The Bertz CT molecular complexity index is 630. The molecule has 2 aromatic rings. The van der Waals surface area contributed by atoms with Crippen molar-refractivity contribution in [2.75, 3.05) is 0 Å². The molecule has 1 N–H and O–H groups in total. The number of amides is 1. The van der Waals surface area contributed by atoms with E-state index in [1.54, 1.807) is 0 Å². The van der Waals surface area contributed by atoms with Crippen molar-refractivity contribution in [3.05, 3.63) is 51.4 Å². The number of benzene rings is 1. The lowest BCUT2D eigenvalue weighted by atomic mass is 10.0. The van der Waals surface area contributed by atoms with Gasteiger partial charge in [0.25, 0.3) is 0 Å². The first-order valence-corrected chi connectivity index (χ1v) is 7.35. The fourth-order valence-corrected chi connectivity index (χ4v) is 2.56. The second-order valence-electron chi connectivity index (χ2n) is 4.99. The second-order valence-corrected chi connectivity index (χ2v) is 5.39. The lowest BCUT2D eigenvalue weighted by molar-refractivity contribution is -0.120. The molecule has 5 heteroatoms. The number of hydrogen-bond donors (Lipinski definition) is 1. The molecular formula is C16H19ClN2O2. The first kappa shape index (κ1) is 15.6. The van der Waals surface area contributed by atoms with Crippen LogP contribution in [-0.4, -0.2) is 11.1 Å². The molecule has 2 rings (SSSR count). The normalized spacial score (nSPS) is 10.7. The number of nitrogens with zero attached hydrogens (tertiary/aromatic N) is 1. The van der Waals surface area contributed by atoms with Crippen molar-refractivity contribution in [3.63, 3.8) is 0 Å². The van der Waals surface area contributed by atoms with Crippen LogP contribution in [0.5, 0.6) is 0 Å². The number of halogens is 1. The zero-order valence-corrected chi connectivity index (χ0v) is 13.3. The minimum atomic E-state index is -0.0635. The van der Waals surface area contributed by atoms with Crippen LogP contribution in [0.1, 0.15) is 35.1 Å². The van der Waals surface area contributed by atoms with Gasteiger partial charge in [-0.2, -0.15) is 0 Å². The summed E-state index contributed by atoms with van der Waals surface area (Å²) >= 11 is 6.21. The molecule has 4 nitrogen and oxygen atoms in total. The van der Waals surface area contributed by atoms with Crippen molar-refractivity contribution in [2.45, 2.75) is 40.2 Å². The van der Waals surface area contributed by atoms with E-state index >= 15 is 0 Å². The summed E-state index contributed by atoms with van der Waals surface area (Å²) in [6.45, 7) is 6.15. The third-order valence-electron chi connectivity index (χ3n) is 3.58. The van der Waals surface area contributed by atoms with Crippen LogP contribution < -0.4 is 5.32 Å². The number of aryl methyl sites for hydroxylation is 3. The van der Waals surface area contributed by atoms with E-state index in [1.807, 2.05) is 32.0 Å². The summed E-state index contributed by atoms with van der Waals surface area (Å²) in [5, 5.41) is 7.45. The summed E-state index contributed by atoms with van der Waals surface area (Å²) in [7, 11) is 0. The molecule has 0 atom stereocenters. The number of aromatic nitrogens is 1. The Morgan fingerprint density at radius 3 is 2.71 bits per heavy atom. The highest BCUT2D eigenvalue weighted by Crippen LogP contribution is 2.20. The Balaban J connectivity index is 2.02. The maximum atomic E-state index is 12.1. The first-order chi connectivity index (χ1) is 10.0. The molecule has 1 aromatic carbocycles. The summed E-state index contributed by atoms with van der Waals surface area (Å²) in [6.07, 6.45) is 1.16. The third-order valence-corrected chi connectivity index (χ3v) is 3.93. The van der Waals surface area contributed by atoms with Crippen molar-refractivity contribution >= 4 is 17.5 Å². The molecule has 0 bridgehead atoms. The Kier molecular flexibility index (Phi) is 5.02. The summed E-state index contributed by atoms with van der Waals surface area (Å²) < 4.78 is 5.06. The number of carbonyl (C=O) groups is 1. The predicted octanol–water partition coefficient (Wildman–Crippen LogP) is 3.37. The Morgan fingerprint density at radius 1 is 1.33 bits per heavy atom. The van der Waals surface area contributed by atoms with Crippen LogP contribution in [-0.2, 0) is 24.2 Å². The van der Waals surface area contributed by atoms with Crippen LogP contribution >= 0.6 is 11.6 Å². The molecule has 0 radical (unpaired) electrons. The van der Waals surface area contributed by atoms with Gasteiger partial charge in [-0.3, -0.25) is 4.79 Å². The maximum absolute atomic E-state index is 12.1. The van der Waals surface area contributed by atoms with Crippen molar-refractivity contribution < 1.29 is 9.32 Å². The van der Waals surface area contributed by atoms with Gasteiger partial charge in [0.05, 0.1) is 12.1 Å². The molecule has 0 fully saturated rings. The van der Waals surface area contributed by atoms with Gasteiger partial charge in [0.1, 0.15) is 5.76 Å². The zero-order chi connectivity index (χ0) is 15.4. The summed E-state index contributed by atoms with van der Waals surface area (Å²) in [6, 6.07) is 5.80. The lowest BCUT2D eigenvalue weighted by Crippen LogP contribution is -2.25. The van der Waals surface area contributed by atoms with Gasteiger partial charge in [-0.1, -0.05) is 35.8 Å². The fourth-order valence-electron chi connectivity index (χ4n) is 2.30. The SMILES string of the molecule is CCc1cccc(Cl)c1CNC(=O)Cc1c(C)noc1C. The molecular weight excluding hydrogens is 288 g/mol. The Morgan fingerprint density at radius 2 is 2.10 bits per heavy atom. The monoisotopic (exact) mass is 306 g/mol. The van der Waals surface area contributed by atoms with Crippen molar-refractivity contribution in [1.82, 2.24) is 10.5 Å². The van der Waals surface area contributed by atoms with E-state index in [-0.39, 0.29) is 12.3 Å². The third kappa shape index (κ3) is 3.64. The molecule has 112 valence electrons. The average molecular weight is 307 g/mol. The van der Waals surface area contributed by atoms with Crippen LogP contribution in [0.25, 0.3) is 0 Å². The first-order valence-electron chi connectivity index (χ1n) is 6.97. The summed E-state index contributed by atoms with van der Waals surface area (Å²) in [5.74, 6) is 0.626. The smallest absolute Gasteiger partial charge is 0.224 e. The predicted molar refractivity (Wildman–Crippen MR) is 82.4 cm³/mol. The standard InChI is InChI=1S/C16H19ClN2O2/c1-4-12-6-5-7-15(17)14(12)9-18-16(20)8-13-10(2)19-21-11(13)3/h5-7H,4,8-9H2,1-3H3,(H,18,20). The van der Waals surface area contributed by atoms with Crippen LogP contribution in [0.3, 0.4) is 0 Å². The highest BCUT2D eigenvalue weighted by molar-refractivity contribution is 6.31. The van der Waals surface area contributed by atoms with E-state index in [9.17, 15) is 4.79 Å². The number of rotatable bonds is 5. The van der Waals surface area contributed by atoms with E-state index < -0.39 is 0 Å². The molecule has 0 aliphatic carbocycles. The highest BCUT2D eigenvalue weighted by Gasteiger charge is 2.14. The maximum Gasteiger partial charge on any atom is 0.224 e. The van der Waals surface area contributed by atoms with Crippen molar-refractivity contribution in [2.24, 2.45) is 0 Å². The zero-order valence-electron chi connectivity index (χ0n) is 12.5. The van der Waals surface area contributed by atoms with Gasteiger partial charge in [0, 0.05) is 17.1 Å². The number of hydrogen-bond acceptors (Lipinski definition) is 3. The molecule has 0 unspecified atom stereocenters. The molecule has 0 saturated carbocycles. The molecule has 0 aliphatic heterocycles. The van der Waals surface area contributed by atoms with Crippen LogP contribution in [0.15, 0.2) is 22.7 Å². The Labute approximate surface area is 129 Å². The molecule has 0 saturated heterocycles. The van der Waals surface area contributed by atoms with E-state index in [0.717, 1.165) is 28.8 Å². The molecule has 1 amide bonds. The van der Waals surface area contributed by atoms with Gasteiger partial charge >= 0.3 is 0 Å². The van der Waals surface area contributed by atoms with Gasteiger partial charge in [-0.05, 0) is 37.5 Å². The van der Waals surface area contributed by atoms with Crippen LogP contribution in [0, 0.1) is 13.8 Å². The summed E-state index contributed by atoms with van der Waals surface area (Å²) in [4.78, 5) is 12.1. The van der Waals surface area contributed by atoms with E-state index in [4.69, 9.17) is 16.1 Å². The Hall–Kier alpha value is -1.81. The minimum Gasteiger partial charge on any atom is -0.361 e. The average Bonchev–Trinajstić information content (AvgIpc) is 2.77. The quantitative estimate of drug-likeness (QED) is 0.921. The topological polar surface area (TPSA) is 55.1 Å². The minimum absolute atomic E-state index is 0.0635. The largest absolute Gasteiger partial charge is 0.361 e. The molecule has 0 aliphatic rings. The molecule has 1 aromatic heterocycles. The van der Waals surface area contributed by atoms with Crippen LogP contribution in [0.2, 0.25) is 5.02 Å². The van der Waals surface area contributed by atoms with E-state index in [0.29, 0.717) is 17.3 Å². The van der Waals surface area contributed by atoms with E-state index in [2.05, 4.69) is 17.4 Å². The van der Waals surface area contributed by atoms with Gasteiger partial charge in [0.2, 0.25) is 5.91 Å². The van der Waals surface area contributed by atoms with Crippen molar-refractivity contribution in [3.8, 4) is 0 Å². The summed E-state index contributed by atoms with van der Waals surface area (Å²) in [5.41, 5.74) is 3.74. The van der Waals surface area contributed by atoms with Gasteiger partial charge in [-0.15, -0.1) is 0 Å². The van der Waals surface area contributed by atoms with Crippen LogP contribution in [0.4, 0.5) is 0 Å².